The van der Waals surface area contributed by atoms with Gasteiger partial charge in [0.05, 0.1) is 18.2 Å². The van der Waals surface area contributed by atoms with Gasteiger partial charge in [-0.2, -0.15) is 4.98 Å². The maximum absolute atomic E-state index is 13.8. The van der Waals surface area contributed by atoms with Crippen LogP contribution in [0.2, 0.25) is 0 Å². The van der Waals surface area contributed by atoms with E-state index in [1.807, 2.05) is 24.3 Å². The van der Waals surface area contributed by atoms with Crippen LogP contribution < -0.4 is 5.32 Å². The third kappa shape index (κ3) is 4.89. The van der Waals surface area contributed by atoms with E-state index in [9.17, 15) is 9.18 Å². The summed E-state index contributed by atoms with van der Waals surface area (Å²) >= 11 is 3.44. The van der Waals surface area contributed by atoms with Crippen molar-refractivity contribution < 1.29 is 13.7 Å². The Morgan fingerprint density at radius 3 is 2.97 bits per heavy atom. The molecule has 0 bridgehead atoms. The van der Waals surface area contributed by atoms with Gasteiger partial charge in [0.1, 0.15) is 5.82 Å². The molecule has 2 heterocycles. The van der Waals surface area contributed by atoms with E-state index in [4.69, 9.17) is 4.52 Å². The van der Waals surface area contributed by atoms with Crippen LogP contribution >= 0.6 is 15.9 Å². The smallest absolute Gasteiger partial charge is 0.241 e. The van der Waals surface area contributed by atoms with E-state index >= 15 is 0 Å². The zero-order valence-electron chi connectivity index (χ0n) is 15.6. The topological polar surface area (TPSA) is 71.3 Å². The summed E-state index contributed by atoms with van der Waals surface area (Å²) < 4.78 is 20.1. The van der Waals surface area contributed by atoms with Crippen molar-refractivity contribution >= 4 is 27.5 Å². The standard InChI is InChI=1S/C21H20BrFN4O2/c22-16-7-3-5-14(11-16)20-25-19(29-26-20)13-27-10-4-6-15(12-27)21(28)24-18-9-2-1-8-17(18)23/h1-3,5,7-9,11,15H,4,6,10,12-13H2,(H,24,28). The molecule has 4 rings (SSSR count). The van der Waals surface area contributed by atoms with E-state index in [2.05, 4.69) is 36.3 Å². The van der Waals surface area contributed by atoms with E-state index in [-0.39, 0.29) is 17.5 Å². The molecule has 6 nitrogen and oxygen atoms in total. The average molecular weight is 459 g/mol. The van der Waals surface area contributed by atoms with E-state index in [0.29, 0.717) is 24.8 Å². The van der Waals surface area contributed by atoms with Crippen LogP contribution in [-0.2, 0) is 11.3 Å². The van der Waals surface area contributed by atoms with Gasteiger partial charge in [0.2, 0.25) is 17.6 Å². The van der Waals surface area contributed by atoms with Crippen molar-refractivity contribution in [1.82, 2.24) is 15.0 Å². The Morgan fingerprint density at radius 2 is 2.14 bits per heavy atom. The molecule has 2 aromatic carbocycles. The molecule has 1 fully saturated rings. The first-order valence-electron chi connectivity index (χ1n) is 9.45. The maximum Gasteiger partial charge on any atom is 0.241 e. The van der Waals surface area contributed by atoms with Gasteiger partial charge in [-0.25, -0.2) is 4.39 Å². The van der Waals surface area contributed by atoms with Crippen LogP contribution in [0.1, 0.15) is 18.7 Å². The van der Waals surface area contributed by atoms with E-state index in [0.717, 1.165) is 29.4 Å². The van der Waals surface area contributed by atoms with Crippen LogP contribution in [0, 0.1) is 11.7 Å². The molecule has 0 spiro atoms. The molecule has 3 aromatic rings. The van der Waals surface area contributed by atoms with Crippen molar-refractivity contribution in [3.8, 4) is 11.4 Å². The maximum atomic E-state index is 13.8. The highest BCUT2D eigenvalue weighted by atomic mass is 79.9. The number of nitrogens with zero attached hydrogens (tertiary/aromatic N) is 3. The normalized spacial score (nSPS) is 17.2. The summed E-state index contributed by atoms with van der Waals surface area (Å²) in [6, 6.07) is 13.9. The zero-order chi connectivity index (χ0) is 20.2. The molecule has 8 heteroatoms. The summed E-state index contributed by atoms with van der Waals surface area (Å²) in [6.07, 6.45) is 1.64. The van der Waals surface area contributed by atoms with Gasteiger partial charge < -0.3 is 9.84 Å². The van der Waals surface area contributed by atoms with E-state index in [1.165, 1.54) is 6.07 Å². The number of benzene rings is 2. The molecule has 29 heavy (non-hydrogen) atoms. The van der Waals surface area contributed by atoms with E-state index in [1.54, 1.807) is 18.2 Å². The van der Waals surface area contributed by atoms with Crippen LogP contribution in [0.15, 0.2) is 57.5 Å². The van der Waals surface area contributed by atoms with Crippen LogP contribution in [0.4, 0.5) is 10.1 Å². The summed E-state index contributed by atoms with van der Waals surface area (Å²) in [5.41, 5.74) is 1.08. The van der Waals surface area contributed by atoms with Crippen LogP contribution in [0.3, 0.4) is 0 Å². The predicted molar refractivity (Wildman–Crippen MR) is 110 cm³/mol. The number of hydrogen-bond acceptors (Lipinski definition) is 5. The number of halogens is 2. The number of amides is 1. The van der Waals surface area contributed by atoms with Crippen LogP contribution in [0.5, 0.6) is 0 Å². The fourth-order valence-electron chi connectivity index (χ4n) is 3.47. The Labute approximate surface area is 176 Å². The van der Waals surface area contributed by atoms with Gasteiger partial charge in [0.25, 0.3) is 0 Å². The van der Waals surface area contributed by atoms with E-state index < -0.39 is 5.82 Å². The fourth-order valence-corrected chi connectivity index (χ4v) is 3.86. The lowest BCUT2D eigenvalue weighted by Crippen LogP contribution is -2.40. The molecule has 1 aliphatic heterocycles. The van der Waals surface area contributed by atoms with Gasteiger partial charge in [-0.05, 0) is 43.7 Å². The Bertz CT molecular complexity index is 1010. The highest BCUT2D eigenvalue weighted by Gasteiger charge is 2.27. The molecule has 0 aliphatic carbocycles. The number of nitrogens with one attached hydrogen (secondary N) is 1. The van der Waals surface area contributed by atoms with Gasteiger partial charge >= 0.3 is 0 Å². The summed E-state index contributed by atoms with van der Waals surface area (Å²) in [4.78, 5) is 19.2. The van der Waals surface area contributed by atoms with Gasteiger partial charge in [-0.3, -0.25) is 9.69 Å². The SMILES string of the molecule is O=C(Nc1ccccc1F)C1CCCN(Cc2nc(-c3cccc(Br)c3)no2)C1. The molecule has 150 valence electrons. The minimum Gasteiger partial charge on any atom is -0.338 e. The number of piperidine rings is 1. The van der Waals surface area contributed by atoms with Crippen molar-refractivity contribution in [3.05, 3.63) is 64.7 Å². The molecule has 0 saturated carbocycles. The minimum absolute atomic E-state index is 0.167. The molecular weight excluding hydrogens is 439 g/mol. The third-order valence-corrected chi connectivity index (χ3v) is 5.41. The van der Waals surface area contributed by atoms with Crippen molar-refractivity contribution in [3.63, 3.8) is 0 Å². The average Bonchev–Trinajstić information content (AvgIpc) is 3.18. The lowest BCUT2D eigenvalue weighted by molar-refractivity contribution is -0.121. The molecule has 1 aliphatic rings. The lowest BCUT2D eigenvalue weighted by Gasteiger charge is -2.30. The van der Waals surface area contributed by atoms with Crippen molar-refractivity contribution in [2.24, 2.45) is 5.92 Å². The number of likely N-dealkylation sites (tertiary alicyclic amines) is 1. The molecule has 1 N–H and O–H groups in total. The third-order valence-electron chi connectivity index (χ3n) is 4.92. The monoisotopic (exact) mass is 458 g/mol. The summed E-state index contributed by atoms with van der Waals surface area (Å²) in [7, 11) is 0. The fraction of sp³-hybridized carbons (Fsp3) is 0.286. The van der Waals surface area contributed by atoms with Crippen molar-refractivity contribution in [1.29, 1.82) is 0 Å². The summed E-state index contributed by atoms with van der Waals surface area (Å²) in [5.74, 6) is 0.234. The van der Waals surface area contributed by atoms with Gasteiger partial charge in [-0.1, -0.05) is 45.4 Å². The largest absolute Gasteiger partial charge is 0.338 e. The Hall–Kier alpha value is -2.58. The first-order valence-corrected chi connectivity index (χ1v) is 10.2. The Morgan fingerprint density at radius 1 is 1.28 bits per heavy atom. The van der Waals surface area contributed by atoms with Crippen molar-refractivity contribution in [2.45, 2.75) is 19.4 Å². The molecular formula is C21H20BrFN4O2. The van der Waals surface area contributed by atoms with Crippen LogP contribution in [-0.4, -0.2) is 34.0 Å². The molecule has 0 radical (unpaired) electrons. The quantitative estimate of drug-likeness (QED) is 0.609. The highest BCUT2D eigenvalue weighted by Crippen LogP contribution is 2.23. The number of para-hydroxylation sites is 1. The van der Waals surface area contributed by atoms with Gasteiger partial charge in [0.15, 0.2) is 0 Å². The molecule has 1 unspecified atom stereocenters. The Balaban J connectivity index is 1.38. The second-order valence-electron chi connectivity index (χ2n) is 7.07. The minimum atomic E-state index is -0.431. The van der Waals surface area contributed by atoms with Gasteiger partial charge in [-0.15, -0.1) is 0 Å². The molecule has 1 atom stereocenters. The summed E-state index contributed by atoms with van der Waals surface area (Å²) in [6.45, 7) is 1.89. The predicted octanol–water partition coefficient (Wildman–Crippen LogP) is 4.49. The number of carbonyl (C=O) groups is 1. The number of carbonyl (C=O) groups excluding carboxylic acids is 1. The second kappa shape index (κ2) is 8.84. The number of rotatable bonds is 5. The lowest BCUT2D eigenvalue weighted by atomic mass is 9.97. The first-order chi connectivity index (χ1) is 14.1. The van der Waals surface area contributed by atoms with Crippen molar-refractivity contribution in [2.75, 3.05) is 18.4 Å². The number of anilines is 1. The molecule has 1 amide bonds. The highest BCUT2D eigenvalue weighted by molar-refractivity contribution is 9.10. The molecule has 1 aromatic heterocycles. The molecule has 1 saturated heterocycles. The number of aromatic nitrogens is 2. The van der Waals surface area contributed by atoms with Crippen LogP contribution in [0.25, 0.3) is 11.4 Å². The Kier molecular flexibility index (Phi) is 6.01. The summed E-state index contributed by atoms with van der Waals surface area (Å²) in [5, 5.41) is 6.76. The second-order valence-corrected chi connectivity index (χ2v) is 7.98. The first kappa shape index (κ1) is 19.7. The van der Waals surface area contributed by atoms with Gasteiger partial charge in [0, 0.05) is 16.6 Å². The zero-order valence-corrected chi connectivity index (χ0v) is 17.2. The number of hydrogen-bond donors (Lipinski definition) is 1.